The monoisotopic (exact) mass is 194 g/mol. The largest absolute Gasteiger partial charge is 0.396 e. The molecular formula is C7H15BrO. The van der Waals surface area contributed by atoms with Crippen molar-refractivity contribution < 1.29 is 5.11 Å². The molecule has 0 heterocycles. The fourth-order valence-corrected chi connectivity index (χ4v) is 1.45. The van der Waals surface area contributed by atoms with Crippen molar-refractivity contribution in [3.8, 4) is 0 Å². The Hall–Kier alpha value is 0.440. The fraction of sp³-hybridized carbons (Fsp3) is 1.00. The Morgan fingerprint density at radius 1 is 1.56 bits per heavy atom. The quantitative estimate of drug-likeness (QED) is 0.684. The van der Waals surface area contributed by atoms with Gasteiger partial charge in [-0.25, -0.2) is 0 Å². The third-order valence-electron chi connectivity index (χ3n) is 1.15. The van der Waals surface area contributed by atoms with Crippen molar-refractivity contribution in [1.82, 2.24) is 0 Å². The smallest absolute Gasteiger partial charge is 0.0457 e. The minimum atomic E-state index is 0.176. The van der Waals surface area contributed by atoms with Gasteiger partial charge in [-0.05, 0) is 12.3 Å². The van der Waals surface area contributed by atoms with Crippen LogP contribution in [0.1, 0.15) is 27.2 Å². The van der Waals surface area contributed by atoms with E-state index in [-0.39, 0.29) is 10.9 Å². The Bertz CT molecular complexity index is 75.5. The maximum absolute atomic E-state index is 8.68. The van der Waals surface area contributed by atoms with E-state index in [9.17, 15) is 0 Å². The third-order valence-corrected chi connectivity index (χ3v) is 1.47. The summed E-state index contributed by atoms with van der Waals surface area (Å²) >= 11 is 3.51. The van der Waals surface area contributed by atoms with Crippen molar-refractivity contribution in [2.24, 2.45) is 5.92 Å². The van der Waals surface area contributed by atoms with Crippen molar-refractivity contribution >= 4 is 15.9 Å². The molecule has 0 aliphatic rings. The average Bonchev–Trinajstić information content (AvgIpc) is 1.62. The van der Waals surface area contributed by atoms with Crippen LogP contribution < -0.4 is 0 Å². The first kappa shape index (κ1) is 9.44. The standard InChI is InChI=1S/C7H15BrO/c1-6(5-9)4-7(2,3)8/h6,9H,4-5H2,1-3H3. The van der Waals surface area contributed by atoms with Crippen molar-refractivity contribution in [2.75, 3.05) is 6.61 Å². The van der Waals surface area contributed by atoms with Crippen LogP contribution in [0, 0.1) is 5.92 Å². The number of alkyl halides is 1. The highest BCUT2D eigenvalue weighted by Crippen LogP contribution is 2.24. The predicted molar refractivity (Wildman–Crippen MR) is 43.9 cm³/mol. The van der Waals surface area contributed by atoms with Gasteiger partial charge in [0, 0.05) is 10.9 Å². The van der Waals surface area contributed by atoms with E-state index >= 15 is 0 Å². The Kier molecular flexibility index (Phi) is 3.74. The van der Waals surface area contributed by atoms with E-state index in [1.807, 2.05) is 6.92 Å². The van der Waals surface area contributed by atoms with Gasteiger partial charge in [0.1, 0.15) is 0 Å². The molecule has 0 radical (unpaired) electrons. The van der Waals surface area contributed by atoms with Crippen LogP contribution in [-0.2, 0) is 0 Å². The van der Waals surface area contributed by atoms with Gasteiger partial charge in [0.05, 0.1) is 0 Å². The fourth-order valence-electron chi connectivity index (χ4n) is 0.893. The zero-order valence-corrected chi connectivity index (χ0v) is 7.90. The third kappa shape index (κ3) is 6.32. The molecule has 0 aromatic heterocycles. The lowest BCUT2D eigenvalue weighted by Gasteiger charge is -2.19. The van der Waals surface area contributed by atoms with Gasteiger partial charge in [0.25, 0.3) is 0 Å². The second-order valence-corrected chi connectivity index (χ2v) is 5.36. The second kappa shape index (κ2) is 3.57. The summed E-state index contributed by atoms with van der Waals surface area (Å²) in [6.07, 6.45) is 1.02. The van der Waals surface area contributed by atoms with E-state index in [4.69, 9.17) is 5.11 Å². The Morgan fingerprint density at radius 2 is 2.00 bits per heavy atom. The molecular weight excluding hydrogens is 180 g/mol. The molecule has 1 unspecified atom stereocenters. The van der Waals surface area contributed by atoms with E-state index in [1.54, 1.807) is 0 Å². The minimum Gasteiger partial charge on any atom is -0.396 e. The molecule has 0 aliphatic carbocycles. The van der Waals surface area contributed by atoms with Crippen LogP contribution in [0.25, 0.3) is 0 Å². The van der Waals surface area contributed by atoms with Crippen LogP contribution in [0.15, 0.2) is 0 Å². The summed E-state index contributed by atoms with van der Waals surface area (Å²) in [5.41, 5.74) is 0. The number of halogens is 1. The number of aliphatic hydroxyl groups excluding tert-OH is 1. The molecule has 1 nitrogen and oxygen atoms in total. The van der Waals surface area contributed by atoms with Crippen LogP contribution in [-0.4, -0.2) is 16.0 Å². The molecule has 0 saturated carbocycles. The summed E-state index contributed by atoms with van der Waals surface area (Å²) < 4.78 is 0.176. The van der Waals surface area contributed by atoms with Crippen LogP contribution in [0.4, 0.5) is 0 Å². The highest BCUT2D eigenvalue weighted by Gasteiger charge is 2.15. The van der Waals surface area contributed by atoms with Gasteiger partial charge in [-0.3, -0.25) is 0 Å². The molecule has 9 heavy (non-hydrogen) atoms. The van der Waals surface area contributed by atoms with Crippen molar-refractivity contribution in [3.05, 3.63) is 0 Å². The Balaban J connectivity index is 3.47. The van der Waals surface area contributed by atoms with E-state index < -0.39 is 0 Å². The van der Waals surface area contributed by atoms with Crippen LogP contribution in [0.5, 0.6) is 0 Å². The van der Waals surface area contributed by atoms with E-state index in [1.165, 1.54) is 0 Å². The van der Waals surface area contributed by atoms with E-state index in [0.717, 1.165) is 6.42 Å². The van der Waals surface area contributed by atoms with Crippen molar-refractivity contribution in [3.63, 3.8) is 0 Å². The molecule has 0 bridgehead atoms. The van der Waals surface area contributed by atoms with Crippen LogP contribution >= 0.6 is 15.9 Å². The van der Waals surface area contributed by atoms with Crippen molar-refractivity contribution in [2.45, 2.75) is 31.5 Å². The first-order valence-corrected chi connectivity index (χ1v) is 4.05. The summed E-state index contributed by atoms with van der Waals surface area (Å²) in [6, 6.07) is 0. The number of aliphatic hydroxyl groups is 1. The lowest BCUT2D eigenvalue weighted by molar-refractivity contribution is 0.223. The zero-order chi connectivity index (χ0) is 7.49. The summed E-state index contributed by atoms with van der Waals surface area (Å²) in [4.78, 5) is 0. The lowest BCUT2D eigenvalue weighted by atomic mass is 10.00. The first-order chi connectivity index (χ1) is 3.95. The molecule has 56 valence electrons. The predicted octanol–water partition coefficient (Wildman–Crippen LogP) is 2.18. The van der Waals surface area contributed by atoms with Gasteiger partial charge in [0.15, 0.2) is 0 Å². The van der Waals surface area contributed by atoms with Gasteiger partial charge in [0.2, 0.25) is 0 Å². The molecule has 0 aromatic rings. The topological polar surface area (TPSA) is 20.2 Å². The number of rotatable bonds is 3. The SMILES string of the molecule is CC(CO)CC(C)(C)Br. The summed E-state index contributed by atoms with van der Waals surface area (Å²) in [7, 11) is 0. The molecule has 0 saturated heterocycles. The Labute approximate surface area is 65.6 Å². The number of hydrogen-bond donors (Lipinski definition) is 1. The summed E-state index contributed by atoms with van der Waals surface area (Å²) in [5.74, 6) is 0.402. The summed E-state index contributed by atoms with van der Waals surface area (Å²) in [6.45, 7) is 6.55. The van der Waals surface area contributed by atoms with Crippen LogP contribution in [0.2, 0.25) is 0 Å². The first-order valence-electron chi connectivity index (χ1n) is 3.25. The molecule has 1 atom stereocenters. The van der Waals surface area contributed by atoms with Gasteiger partial charge in [-0.15, -0.1) is 0 Å². The zero-order valence-electron chi connectivity index (χ0n) is 6.32. The molecule has 1 N–H and O–H groups in total. The van der Waals surface area contributed by atoms with Gasteiger partial charge >= 0.3 is 0 Å². The molecule has 0 aliphatic heterocycles. The molecule has 0 rings (SSSR count). The van der Waals surface area contributed by atoms with E-state index in [0.29, 0.717) is 5.92 Å². The highest BCUT2D eigenvalue weighted by molar-refractivity contribution is 9.10. The normalized spacial score (nSPS) is 15.7. The van der Waals surface area contributed by atoms with Crippen molar-refractivity contribution in [1.29, 1.82) is 0 Å². The second-order valence-electron chi connectivity index (χ2n) is 3.21. The maximum atomic E-state index is 8.68. The molecule has 0 amide bonds. The number of hydrogen-bond acceptors (Lipinski definition) is 1. The highest BCUT2D eigenvalue weighted by atomic mass is 79.9. The minimum absolute atomic E-state index is 0.176. The van der Waals surface area contributed by atoms with Crippen LogP contribution in [0.3, 0.4) is 0 Å². The molecule has 0 aromatic carbocycles. The maximum Gasteiger partial charge on any atom is 0.0457 e. The van der Waals surface area contributed by atoms with Gasteiger partial charge in [-0.2, -0.15) is 0 Å². The molecule has 0 spiro atoms. The lowest BCUT2D eigenvalue weighted by Crippen LogP contribution is -2.16. The summed E-state index contributed by atoms with van der Waals surface area (Å²) in [5, 5.41) is 8.68. The average molecular weight is 195 g/mol. The Morgan fingerprint density at radius 3 is 2.11 bits per heavy atom. The van der Waals surface area contributed by atoms with E-state index in [2.05, 4.69) is 29.8 Å². The van der Waals surface area contributed by atoms with Gasteiger partial charge in [-0.1, -0.05) is 36.7 Å². The van der Waals surface area contributed by atoms with Gasteiger partial charge < -0.3 is 5.11 Å². The molecule has 0 fully saturated rings. The molecule has 2 heteroatoms.